The molecule has 1 atom stereocenters. The summed E-state index contributed by atoms with van der Waals surface area (Å²) in [7, 11) is 0. The molecule has 25 heavy (non-hydrogen) atoms. The van der Waals surface area contributed by atoms with Crippen molar-refractivity contribution in [3.63, 3.8) is 0 Å². The normalized spacial score (nSPS) is 12.1. The van der Waals surface area contributed by atoms with Gasteiger partial charge >= 0.3 is 0 Å². The van der Waals surface area contributed by atoms with Crippen molar-refractivity contribution in [2.24, 2.45) is 0 Å². The molecule has 0 fully saturated rings. The van der Waals surface area contributed by atoms with Gasteiger partial charge in [0.2, 0.25) is 0 Å². The van der Waals surface area contributed by atoms with Gasteiger partial charge in [0.25, 0.3) is 5.91 Å². The molecule has 5 nitrogen and oxygen atoms in total. The number of hydrogen-bond donors (Lipinski definition) is 2. The third-order valence-electron chi connectivity index (χ3n) is 4.04. The molecule has 1 amide bonds. The SMILES string of the molecule is CCC(CO)NC(=O)c1ccc(COc2ccc3ccccc3c2)o1. The molecule has 3 aromatic rings. The van der Waals surface area contributed by atoms with E-state index in [1.807, 2.05) is 49.4 Å². The number of aliphatic hydroxyl groups is 1. The summed E-state index contributed by atoms with van der Waals surface area (Å²) in [5.74, 6) is 1.18. The third kappa shape index (κ3) is 4.19. The number of carbonyl (C=O) groups is 1. The number of furan rings is 1. The minimum absolute atomic E-state index is 0.0963. The van der Waals surface area contributed by atoms with Gasteiger partial charge in [-0.05, 0) is 41.5 Å². The first-order valence-corrected chi connectivity index (χ1v) is 8.31. The van der Waals surface area contributed by atoms with Crippen molar-refractivity contribution >= 4 is 16.7 Å². The number of carbonyl (C=O) groups excluding carboxylic acids is 1. The summed E-state index contributed by atoms with van der Waals surface area (Å²) >= 11 is 0. The molecule has 1 aromatic heterocycles. The molecule has 130 valence electrons. The maximum absolute atomic E-state index is 12.1. The molecule has 0 radical (unpaired) electrons. The average molecular weight is 339 g/mol. The number of amides is 1. The highest BCUT2D eigenvalue weighted by molar-refractivity contribution is 5.91. The van der Waals surface area contributed by atoms with Gasteiger partial charge < -0.3 is 19.6 Å². The van der Waals surface area contributed by atoms with Crippen LogP contribution in [0.4, 0.5) is 0 Å². The molecule has 1 unspecified atom stereocenters. The van der Waals surface area contributed by atoms with E-state index in [0.717, 1.165) is 16.5 Å². The van der Waals surface area contributed by atoms with Crippen molar-refractivity contribution in [2.45, 2.75) is 26.0 Å². The van der Waals surface area contributed by atoms with Crippen LogP contribution in [0.5, 0.6) is 5.75 Å². The Morgan fingerprint density at radius 1 is 1.16 bits per heavy atom. The summed E-state index contributed by atoms with van der Waals surface area (Å²) in [4.78, 5) is 12.1. The third-order valence-corrected chi connectivity index (χ3v) is 4.04. The van der Waals surface area contributed by atoms with Crippen LogP contribution in [-0.4, -0.2) is 23.7 Å². The number of benzene rings is 2. The van der Waals surface area contributed by atoms with Gasteiger partial charge in [-0.1, -0.05) is 37.3 Å². The van der Waals surface area contributed by atoms with Crippen LogP contribution in [0.1, 0.15) is 29.7 Å². The molecular weight excluding hydrogens is 318 g/mol. The molecular formula is C20H21NO4. The summed E-state index contributed by atoms with van der Waals surface area (Å²) in [5, 5.41) is 14.1. The molecule has 1 heterocycles. The highest BCUT2D eigenvalue weighted by atomic mass is 16.5. The van der Waals surface area contributed by atoms with E-state index in [9.17, 15) is 4.79 Å². The van der Waals surface area contributed by atoms with E-state index in [0.29, 0.717) is 12.2 Å². The van der Waals surface area contributed by atoms with Gasteiger partial charge in [0, 0.05) is 0 Å². The van der Waals surface area contributed by atoms with Gasteiger partial charge in [0.1, 0.15) is 18.1 Å². The van der Waals surface area contributed by atoms with E-state index >= 15 is 0 Å². The van der Waals surface area contributed by atoms with E-state index in [1.165, 1.54) is 0 Å². The molecule has 0 bridgehead atoms. The quantitative estimate of drug-likeness (QED) is 0.691. The second-order valence-electron chi connectivity index (χ2n) is 5.82. The minimum atomic E-state index is -0.335. The maximum Gasteiger partial charge on any atom is 0.287 e. The van der Waals surface area contributed by atoms with Crippen LogP contribution in [0, 0.1) is 0 Å². The fraction of sp³-hybridized carbons (Fsp3) is 0.250. The summed E-state index contributed by atoms with van der Waals surface area (Å²) in [6.07, 6.45) is 0.654. The Morgan fingerprint density at radius 3 is 2.72 bits per heavy atom. The molecule has 0 aliphatic carbocycles. The molecule has 2 aromatic carbocycles. The Morgan fingerprint density at radius 2 is 1.96 bits per heavy atom. The van der Waals surface area contributed by atoms with E-state index in [2.05, 4.69) is 5.32 Å². The Balaban J connectivity index is 1.61. The van der Waals surface area contributed by atoms with E-state index in [1.54, 1.807) is 12.1 Å². The van der Waals surface area contributed by atoms with E-state index in [4.69, 9.17) is 14.3 Å². The van der Waals surface area contributed by atoms with Gasteiger partial charge in [0.05, 0.1) is 12.6 Å². The van der Waals surface area contributed by atoms with Crippen molar-refractivity contribution in [1.82, 2.24) is 5.32 Å². The summed E-state index contributed by atoms with van der Waals surface area (Å²) in [6, 6.07) is 17.0. The van der Waals surface area contributed by atoms with Crippen LogP contribution in [-0.2, 0) is 6.61 Å². The van der Waals surface area contributed by atoms with E-state index < -0.39 is 0 Å². The van der Waals surface area contributed by atoms with Crippen LogP contribution in [0.15, 0.2) is 59.0 Å². The summed E-state index contributed by atoms with van der Waals surface area (Å²) in [5.41, 5.74) is 0. The summed E-state index contributed by atoms with van der Waals surface area (Å²) < 4.78 is 11.3. The molecule has 3 rings (SSSR count). The average Bonchev–Trinajstić information content (AvgIpc) is 3.13. The first-order valence-electron chi connectivity index (χ1n) is 8.31. The van der Waals surface area contributed by atoms with Crippen LogP contribution < -0.4 is 10.1 Å². The number of ether oxygens (including phenoxy) is 1. The molecule has 0 aliphatic rings. The Labute approximate surface area is 146 Å². The van der Waals surface area contributed by atoms with Crippen molar-refractivity contribution in [3.05, 3.63) is 66.1 Å². The van der Waals surface area contributed by atoms with Gasteiger partial charge in [-0.2, -0.15) is 0 Å². The topological polar surface area (TPSA) is 71.7 Å². The molecule has 5 heteroatoms. The van der Waals surface area contributed by atoms with Crippen molar-refractivity contribution < 1.29 is 19.1 Å². The van der Waals surface area contributed by atoms with Gasteiger partial charge in [-0.25, -0.2) is 0 Å². The lowest BCUT2D eigenvalue weighted by atomic mass is 10.1. The number of fused-ring (bicyclic) bond motifs is 1. The highest BCUT2D eigenvalue weighted by Crippen LogP contribution is 2.21. The lowest BCUT2D eigenvalue weighted by Crippen LogP contribution is -2.36. The summed E-state index contributed by atoms with van der Waals surface area (Å²) in [6.45, 7) is 2.04. The zero-order valence-electron chi connectivity index (χ0n) is 14.1. The van der Waals surface area contributed by atoms with Crippen LogP contribution in [0.25, 0.3) is 10.8 Å². The molecule has 0 spiro atoms. The fourth-order valence-electron chi connectivity index (χ4n) is 2.52. The van der Waals surface area contributed by atoms with Gasteiger partial charge in [-0.3, -0.25) is 4.79 Å². The minimum Gasteiger partial charge on any atom is -0.486 e. The molecule has 0 saturated heterocycles. The van der Waals surface area contributed by atoms with Crippen molar-refractivity contribution in [1.29, 1.82) is 0 Å². The van der Waals surface area contributed by atoms with Gasteiger partial charge in [-0.15, -0.1) is 0 Å². The Kier molecular flexibility index (Phi) is 5.36. The smallest absolute Gasteiger partial charge is 0.287 e. The number of aliphatic hydroxyl groups excluding tert-OH is 1. The monoisotopic (exact) mass is 339 g/mol. The van der Waals surface area contributed by atoms with Crippen LogP contribution in [0.2, 0.25) is 0 Å². The first-order chi connectivity index (χ1) is 12.2. The Hall–Kier alpha value is -2.79. The van der Waals surface area contributed by atoms with Crippen molar-refractivity contribution in [2.75, 3.05) is 6.61 Å². The second kappa shape index (κ2) is 7.85. The molecule has 2 N–H and O–H groups in total. The highest BCUT2D eigenvalue weighted by Gasteiger charge is 2.15. The van der Waals surface area contributed by atoms with Crippen LogP contribution in [0.3, 0.4) is 0 Å². The largest absolute Gasteiger partial charge is 0.486 e. The molecule has 0 saturated carbocycles. The lowest BCUT2D eigenvalue weighted by Gasteiger charge is -2.12. The number of nitrogens with one attached hydrogen (secondary N) is 1. The zero-order valence-corrected chi connectivity index (χ0v) is 14.1. The predicted molar refractivity (Wildman–Crippen MR) is 95.6 cm³/mol. The van der Waals surface area contributed by atoms with Crippen LogP contribution >= 0.6 is 0 Å². The van der Waals surface area contributed by atoms with E-state index in [-0.39, 0.29) is 30.9 Å². The second-order valence-corrected chi connectivity index (χ2v) is 5.82. The zero-order chi connectivity index (χ0) is 17.6. The first kappa shape index (κ1) is 17.0. The lowest BCUT2D eigenvalue weighted by molar-refractivity contribution is 0.0883. The predicted octanol–water partition coefficient (Wildman–Crippen LogP) is 3.51. The standard InChI is InChI=1S/C20H21NO4/c1-2-16(12-22)21-20(23)19-10-9-18(25-19)13-24-17-8-7-14-5-3-4-6-15(14)11-17/h3-11,16,22H,2,12-13H2,1H3,(H,21,23). The fourth-order valence-corrected chi connectivity index (χ4v) is 2.52. The number of rotatable bonds is 7. The number of hydrogen-bond acceptors (Lipinski definition) is 4. The molecule has 0 aliphatic heterocycles. The van der Waals surface area contributed by atoms with Gasteiger partial charge in [0.15, 0.2) is 5.76 Å². The Bertz CT molecular complexity index is 852. The van der Waals surface area contributed by atoms with Crippen molar-refractivity contribution in [3.8, 4) is 5.75 Å². The maximum atomic E-state index is 12.1.